The molecule has 4 atom stereocenters. The monoisotopic (exact) mass is 434 g/mol. The standard InChI is InChI=1S/C26H31N2O2P/c1-18(2)21-15-14-19(3)16-25(21)30-31(29,20-10-6-5-7-11-20)26-22-12-8-9-13-23(22)28(4)24(26)17-27/h5-13,18-19,21,25H,14-16H2,1-4H3/t19-,21-,25+,31?/m0/s1. The van der Waals surface area contributed by atoms with E-state index in [4.69, 9.17) is 4.52 Å². The maximum atomic E-state index is 15.0. The largest absolute Gasteiger partial charge is 0.335 e. The fraction of sp³-hybridized carbons (Fsp3) is 0.423. The van der Waals surface area contributed by atoms with Gasteiger partial charge in [0.1, 0.15) is 11.8 Å². The minimum absolute atomic E-state index is 0.0969. The first kappa shape index (κ1) is 21.9. The average molecular weight is 435 g/mol. The van der Waals surface area contributed by atoms with E-state index in [1.54, 1.807) is 0 Å². The topological polar surface area (TPSA) is 55.0 Å². The Hall–Kier alpha value is -2.34. The van der Waals surface area contributed by atoms with Gasteiger partial charge in [0.25, 0.3) is 7.37 Å². The second-order valence-electron chi connectivity index (χ2n) is 9.24. The molecule has 4 nitrogen and oxygen atoms in total. The minimum atomic E-state index is -3.52. The van der Waals surface area contributed by atoms with Gasteiger partial charge < -0.3 is 9.09 Å². The van der Waals surface area contributed by atoms with Crippen molar-refractivity contribution in [3.8, 4) is 6.07 Å². The van der Waals surface area contributed by atoms with Gasteiger partial charge in [-0.15, -0.1) is 0 Å². The molecule has 1 aromatic heterocycles. The summed E-state index contributed by atoms with van der Waals surface area (Å²) in [5, 5.41) is 12.1. The van der Waals surface area contributed by atoms with E-state index in [-0.39, 0.29) is 6.10 Å². The average Bonchev–Trinajstić information content (AvgIpc) is 3.06. The Morgan fingerprint density at radius 1 is 1.10 bits per heavy atom. The Bertz CT molecular complexity index is 1160. The van der Waals surface area contributed by atoms with Gasteiger partial charge in [-0.3, -0.25) is 4.57 Å². The van der Waals surface area contributed by atoms with E-state index in [2.05, 4.69) is 26.8 Å². The van der Waals surface area contributed by atoms with Crippen LogP contribution in [0.5, 0.6) is 0 Å². The van der Waals surface area contributed by atoms with Crippen molar-refractivity contribution in [2.45, 2.75) is 46.1 Å². The van der Waals surface area contributed by atoms with E-state index in [1.165, 1.54) is 6.42 Å². The number of rotatable bonds is 5. The molecule has 0 aliphatic heterocycles. The van der Waals surface area contributed by atoms with E-state index < -0.39 is 7.37 Å². The van der Waals surface area contributed by atoms with Crippen LogP contribution in [0.2, 0.25) is 0 Å². The molecule has 1 unspecified atom stereocenters. The molecule has 0 saturated heterocycles. The van der Waals surface area contributed by atoms with Crippen molar-refractivity contribution in [3.05, 3.63) is 60.3 Å². The lowest BCUT2D eigenvalue weighted by atomic mass is 9.75. The molecule has 31 heavy (non-hydrogen) atoms. The van der Waals surface area contributed by atoms with Gasteiger partial charge in [-0.1, -0.05) is 63.6 Å². The number of hydrogen-bond donors (Lipinski definition) is 0. The lowest BCUT2D eigenvalue weighted by molar-refractivity contribution is 0.0514. The normalized spacial score (nSPS) is 23.5. The zero-order valence-electron chi connectivity index (χ0n) is 18.8. The molecule has 5 heteroatoms. The lowest BCUT2D eigenvalue weighted by Crippen LogP contribution is -2.36. The van der Waals surface area contributed by atoms with Crippen LogP contribution in [0.1, 0.15) is 45.7 Å². The summed E-state index contributed by atoms with van der Waals surface area (Å²) >= 11 is 0. The Morgan fingerprint density at radius 3 is 2.45 bits per heavy atom. The van der Waals surface area contributed by atoms with Crippen molar-refractivity contribution >= 4 is 28.9 Å². The van der Waals surface area contributed by atoms with Gasteiger partial charge in [-0.05, 0) is 48.8 Å². The highest BCUT2D eigenvalue weighted by Crippen LogP contribution is 2.52. The summed E-state index contributed by atoms with van der Waals surface area (Å²) in [7, 11) is -1.66. The van der Waals surface area contributed by atoms with E-state index in [0.717, 1.165) is 23.7 Å². The van der Waals surface area contributed by atoms with E-state index in [0.29, 0.717) is 34.1 Å². The summed E-state index contributed by atoms with van der Waals surface area (Å²) in [5.74, 6) is 1.34. The van der Waals surface area contributed by atoms with Gasteiger partial charge in [-0.25, -0.2) is 0 Å². The summed E-state index contributed by atoms with van der Waals surface area (Å²) in [5.41, 5.74) is 1.31. The first-order valence-corrected chi connectivity index (χ1v) is 12.8. The number of fused-ring (bicyclic) bond motifs is 1. The van der Waals surface area contributed by atoms with Crippen LogP contribution >= 0.6 is 7.37 Å². The molecule has 2 aromatic carbocycles. The summed E-state index contributed by atoms with van der Waals surface area (Å²) in [6.07, 6.45) is 3.06. The Kier molecular flexibility index (Phi) is 6.11. The van der Waals surface area contributed by atoms with Gasteiger partial charge in [0.05, 0.1) is 11.4 Å². The number of hydrogen-bond acceptors (Lipinski definition) is 3. The SMILES string of the molecule is CC(C)[C@@H]1CC[C@H](C)C[C@H]1OP(=O)(c1ccccc1)c1c(C#N)n(C)c2ccccc12. The highest BCUT2D eigenvalue weighted by atomic mass is 31.2. The third kappa shape index (κ3) is 3.86. The van der Waals surface area contributed by atoms with Crippen LogP contribution < -0.4 is 10.6 Å². The predicted molar refractivity (Wildman–Crippen MR) is 127 cm³/mol. The first-order chi connectivity index (χ1) is 14.9. The second kappa shape index (κ2) is 8.65. The predicted octanol–water partition coefficient (Wildman–Crippen LogP) is 5.76. The van der Waals surface area contributed by atoms with Crippen LogP contribution in [-0.4, -0.2) is 10.7 Å². The first-order valence-electron chi connectivity index (χ1n) is 11.2. The molecule has 1 heterocycles. The molecule has 0 bridgehead atoms. The number of para-hydroxylation sites is 1. The molecular weight excluding hydrogens is 403 g/mol. The van der Waals surface area contributed by atoms with Crippen molar-refractivity contribution in [3.63, 3.8) is 0 Å². The third-order valence-corrected chi connectivity index (χ3v) is 9.41. The van der Waals surface area contributed by atoms with Crippen molar-refractivity contribution in [2.24, 2.45) is 24.8 Å². The number of aromatic nitrogens is 1. The summed E-state index contributed by atoms with van der Waals surface area (Å²) in [6.45, 7) is 6.70. The van der Waals surface area contributed by atoms with Gasteiger partial charge in [0.2, 0.25) is 0 Å². The molecule has 1 aliphatic carbocycles. The molecule has 0 N–H and O–H groups in total. The van der Waals surface area contributed by atoms with Gasteiger partial charge in [-0.2, -0.15) is 5.26 Å². The fourth-order valence-corrected chi connectivity index (χ4v) is 7.75. The Morgan fingerprint density at radius 2 is 1.77 bits per heavy atom. The quantitative estimate of drug-likeness (QED) is 0.480. The number of aryl methyl sites for hydroxylation is 1. The third-order valence-electron chi connectivity index (χ3n) is 6.82. The summed E-state index contributed by atoms with van der Waals surface area (Å²) < 4.78 is 23.6. The number of nitriles is 1. The fourth-order valence-electron chi connectivity index (χ4n) is 5.09. The van der Waals surface area contributed by atoms with E-state index >= 15 is 0 Å². The number of nitrogens with zero attached hydrogens (tertiary/aromatic N) is 2. The van der Waals surface area contributed by atoms with Crippen LogP contribution in [-0.2, 0) is 16.1 Å². The van der Waals surface area contributed by atoms with Crippen LogP contribution in [0.3, 0.4) is 0 Å². The lowest BCUT2D eigenvalue weighted by Gasteiger charge is -2.39. The van der Waals surface area contributed by atoms with E-state index in [9.17, 15) is 9.83 Å². The second-order valence-corrected chi connectivity index (χ2v) is 11.5. The summed E-state index contributed by atoms with van der Waals surface area (Å²) in [4.78, 5) is 0. The Labute approximate surface area is 185 Å². The molecular formula is C26H31N2O2P. The van der Waals surface area contributed by atoms with Gasteiger partial charge in [0.15, 0.2) is 0 Å². The van der Waals surface area contributed by atoms with Crippen LogP contribution in [0.25, 0.3) is 10.9 Å². The van der Waals surface area contributed by atoms with Gasteiger partial charge >= 0.3 is 0 Å². The molecule has 4 rings (SSSR count). The summed E-state index contributed by atoms with van der Waals surface area (Å²) in [6, 6.07) is 19.6. The molecule has 0 radical (unpaired) electrons. The van der Waals surface area contributed by atoms with Crippen molar-refractivity contribution in [1.82, 2.24) is 4.57 Å². The molecule has 1 saturated carbocycles. The van der Waals surface area contributed by atoms with E-state index in [1.807, 2.05) is 66.2 Å². The Balaban J connectivity index is 1.94. The molecule has 0 amide bonds. The minimum Gasteiger partial charge on any atom is -0.335 e. The van der Waals surface area contributed by atoms with Crippen LogP contribution in [0.15, 0.2) is 54.6 Å². The highest BCUT2D eigenvalue weighted by Gasteiger charge is 2.42. The van der Waals surface area contributed by atoms with Crippen molar-refractivity contribution in [2.75, 3.05) is 0 Å². The smallest absolute Gasteiger partial charge is 0.265 e. The number of benzene rings is 2. The molecule has 0 spiro atoms. The maximum absolute atomic E-state index is 15.0. The van der Waals surface area contributed by atoms with Crippen molar-refractivity contribution in [1.29, 1.82) is 5.26 Å². The zero-order chi connectivity index (χ0) is 22.2. The van der Waals surface area contributed by atoms with Crippen LogP contribution in [0.4, 0.5) is 0 Å². The van der Waals surface area contributed by atoms with Crippen molar-refractivity contribution < 1.29 is 9.09 Å². The molecule has 3 aromatic rings. The zero-order valence-corrected chi connectivity index (χ0v) is 19.7. The van der Waals surface area contributed by atoms with Crippen LogP contribution in [0, 0.1) is 29.1 Å². The van der Waals surface area contributed by atoms with Gasteiger partial charge in [0, 0.05) is 23.3 Å². The molecule has 162 valence electrons. The highest BCUT2D eigenvalue weighted by molar-refractivity contribution is 7.75. The molecule has 1 aliphatic rings. The maximum Gasteiger partial charge on any atom is 0.265 e. The molecule has 1 fully saturated rings.